The Bertz CT molecular complexity index is 2920. The fraction of sp³-hybridized carbons (Fsp3) is 0. The van der Waals surface area contributed by atoms with Crippen LogP contribution in [-0.4, -0.2) is 24.5 Å². The van der Waals surface area contributed by atoms with Crippen molar-refractivity contribution in [3.63, 3.8) is 0 Å². The van der Waals surface area contributed by atoms with Gasteiger partial charge in [-0.25, -0.2) is 19.9 Å². The second kappa shape index (κ2) is 12.8. The minimum Gasteiger partial charge on any atom is -0.307 e. The Balaban J connectivity index is 1.24. The highest BCUT2D eigenvalue weighted by atomic mass is 15.0. The molecule has 7 aromatic carbocycles. The van der Waals surface area contributed by atoms with Gasteiger partial charge in [0.25, 0.3) is 0 Å². The van der Waals surface area contributed by atoms with Crippen LogP contribution in [0, 0.1) is 0 Å². The maximum Gasteiger partial charge on any atom is 0.164 e. The molecule has 0 atom stereocenters. The van der Waals surface area contributed by atoms with Gasteiger partial charge in [-0.2, -0.15) is 0 Å². The van der Waals surface area contributed by atoms with E-state index in [0.717, 1.165) is 66.7 Å². The van der Waals surface area contributed by atoms with Gasteiger partial charge in [-0.05, 0) is 35.4 Å². The zero-order valence-corrected chi connectivity index (χ0v) is 28.6. The third kappa shape index (κ3) is 5.34. The quantitative estimate of drug-likeness (QED) is 0.176. The van der Waals surface area contributed by atoms with E-state index in [1.54, 1.807) is 0 Å². The largest absolute Gasteiger partial charge is 0.307 e. The van der Waals surface area contributed by atoms with Crippen LogP contribution in [0.3, 0.4) is 0 Å². The van der Waals surface area contributed by atoms with Gasteiger partial charge in [-0.15, -0.1) is 0 Å². The molecule has 10 aromatic rings. The molecular formula is C48H31N5. The number of benzene rings is 7. The van der Waals surface area contributed by atoms with Crippen LogP contribution in [0.25, 0.3) is 94.9 Å². The first kappa shape index (κ1) is 30.6. The Hall–Kier alpha value is -7.24. The summed E-state index contributed by atoms with van der Waals surface area (Å²) in [7, 11) is 0. The van der Waals surface area contributed by atoms with Gasteiger partial charge >= 0.3 is 0 Å². The van der Waals surface area contributed by atoms with Crippen LogP contribution in [-0.2, 0) is 0 Å². The summed E-state index contributed by atoms with van der Waals surface area (Å²) >= 11 is 0. The van der Waals surface area contributed by atoms with E-state index in [4.69, 9.17) is 19.9 Å². The Labute approximate surface area is 306 Å². The first-order valence-electron chi connectivity index (χ1n) is 17.7. The number of rotatable bonds is 6. The molecule has 0 N–H and O–H groups in total. The Kier molecular flexibility index (Phi) is 7.40. The molecule has 0 amide bonds. The van der Waals surface area contributed by atoms with E-state index in [1.165, 1.54) is 10.8 Å². The SMILES string of the molecule is c1ccc(-c2ccc(-c3nc(-c4ccccc4)nc(-c4ccccc4-c4nc5ccccc5c5c6ccccc6n(-c6ccccc6)c45)n3)cc2)cc1. The molecule has 0 saturated carbocycles. The van der Waals surface area contributed by atoms with Crippen LogP contribution >= 0.6 is 0 Å². The Morgan fingerprint density at radius 2 is 0.830 bits per heavy atom. The van der Waals surface area contributed by atoms with Crippen molar-refractivity contribution in [2.75, 3.05) is 0 Å². The van der Waals surface area contributed by atoms with E-state index in [-0.39, 0.29) is 0 Å². The van der Waals surface area contributed by atoms with Crippen LogP contribution in [0.4, 0.5) is 0 Å². The molecule has 0 radical (unpaired) electrons. The number of pyridine rings is 1. The molecule has 0 unspecified atom stereocenters. The molecule has 0 spiro atoms. The van der Waals surface area contributed by atoms with Crippen molar-refractivity contribution < 1.29 is 0 Å². The monoisotopic (exact) mass is 677 g/mol. The minimum atomic E-state index is 0.585. The summed E-state index contributed by atoms with van der Waals surface area (Å²) in [4.78, 5) is 20.8. The number of hydrogen-bond acceptors (Lipinski definition) is 4. The second-order valence-corrected chi connectivity index (χ2v) is 13.1. The lowest BCUT2D eigenvalue weighted by molar-refractivity contribution is 1.07. The lowest BCUT2D eigenvalue weighted by atomic mass is 9.99. The smallest absolute Gasteiger partial charge is 0.164 e. The molecule has 0 aliphatic heterocycles. The van der Waals surface area contributed by atoms with Crippen molar-refractivity contribution in [2.45, 2.75) is 0 Å². The zero-order chi connectivity index (χ0) is 35.1. The Morgan fingerprint density at radius 3 is 1.55 bits per heavy atom. The van der Waals surface area contributed by atoms with Gasteiger partial charge in [0.15, 0.2) is 17.5 Å². The van der Waals surface area contributed by atoms with Crippen molar-refractivity contribution in [2.24, 2.45) is 0 Å². The summed E-state index contributed by atoms with van der Waals surface area (Å²) in [5.41, 5.74) is 11.0. The molecule has 3 heterocycles. The third-order valence-electron chi connectivity index (χ3n) is 9.86. The maximum atomic E-state index is 5.45. The van der Waals surface area contributed by atoms with Crippen LogP contribution in [0.15, 0.2) is 188 Å². The van der Waals surface area contributed by atoms with E-state index in [0.29, 0.717) is 17.5 Å². The maximum absolute atomic E-state index is 5.45. The average Bonchev–Trinajstić information content (AvgIpc) is 3.60. The van der Waals surface area contributed by atoms with Crippen molar-refractivity contribution in [3.8, 4) is 62.2 Å². The molecular weight excluding hydrogens is 647 g/mol. The normalized spacial score (nSPS) is 11.4. The lowest BCUT2D eigenvalue weighted by Gasteiger charge is -2.15. The van der Waals surface area contributed by atoms with Crippen LogP contribution in [0.2, 0.25) is 0 Å². The number of aromatic nitrogens is 5. The fourth-order valence-electron chi connectivity index (χ4n) is 7.39. The van der Waals surface area contributed by atoms with Crippen molar-refractivity contribution in [3.05, 3.63) is 188 Å². The molecule has 0 aliphatic carbocycles. The summed E-state index contributed by atoms with van der Waals surface area (Å²) in [5, 5.41) is 3.46. The lowest BCUT2D eigenvalue weighted by Crippen LogP contribution is -2.02. The van der Waals surface area contributed by atoms with Crippen LogP contribution in [0.1, 0.15) is 0 Å². The average molecular weight is 678 g/mol. The molecule has 3 aromatic heterocycles. The summed E-state index contributed by atoms with van der Waals surface area (Å²) in [6, 6.07) is 64.9. The minimum absolute atomic E-state index is 0.585. The van der Waals surface area contributed by atoms with Crippen molar-refractivity contribution in [1.29, 1.82) is 0 Å². The first-order chi connectivity index (χ1) is 26.3. The highest BCUT2D eigenvalue weighted by molar-refractivity contribution is 6.23. The van der Waals surface area contributed by atoms with Gasteiger partial charge in [-0.3, -0.25) is 0 Å². The van der Waals surface area contributed by atoms with Crippen LogP contribution < -0.4 is 0 Å². The van der Waals surface area contributed by atoms with Crippen molar-refractivity contribution in [1.82, 2.24) is 24.5 Å². The van der Waals surface area contributed by atoms with Gasteiger partial charge < -0.3 is 4.57 Å². The van der Waals surface area contributed by atoms with Crippen molar-refractivity contribution >= 4 is 32.7 Å². The molecule has 248 valence electrons. The van der Waals surface area contributed by atoms with Crippen LogP contribution in [0.5, 0.6) is 0 Å². The van der Waals surface area contributed by atoms with Gasteiger partial charge in [-0.1, -0.05) is 164 Å². The molecule has 0 aliphatic rings. The molecule has 0 bridgehead atoms. The topological polar surface area (TPSA) is 56.5 Å². The highest BCUT2D eigenvalue weighted by Gasteiger charge is 2.23. The number of para-hydroxylation sites is 3. The fourth-order valence-corrected chi connectivity index (χ4v) is 7.39. The summed E-state index contributed by atoms with van der Waals surface area (Å²) in [5.74, 6) is 1.81. The van der Waals surface area contributed by atoms with E-state index in [1.807, 2.05) is 42.5 Å². The number of fused-ring (bicyclic) bond motifs is 5. The van der Waals surface area contributed by atoms with Gasteiger partial charge in [0.2, 0.25) is 0 Å². The summed E-state index contributed by atoms with van der Waals surface area (Å²) < 4.78 is 2.35. The van der Waals surface area contributed by atoms with E-state index < -0.39 is 0 Å². The zero-order valence-electron chi connectivity index (χ0n) is 28.6. The molecule has 0 fully saturated rings. The molecule has 5 heteroatoms. The number of nitrogens with zero attached hydrogens (tertiary/aromatic N) is 5. The first-order valence-corrected chi connectivity index (χ1v) is 17.7. The molecule has 53 heavy (non-hydrogen) atoms. The van der Waals surface area contributed by atoms with E-state index >= 15 is 0 Å². The predicted molar refractivity (Wildman–Crippen MR) is 217 cm³/mol. The highest BCUT2D eigenvalue weighted by Crippen LogP contribution is 2.43. The molecule has 10 rings (SSSR count). The standard InChI is InChI=1S/C48H31N5/c1-4-16-32(17-5-1)33-28-30-35(31-29-33)47-50-46(34-18-6-2-7-19-34)51-48(52-47)38-23-11-10-22-37(38)44-45-43(39-24-12-14-26-41(39)49-44)40-25-13-15-27-42(40)53(45)36-20-8-3-9-21-36/h1-31H. The van der Waals surface area contributed by atoms with Gasteiger partial charge in [0, 0.05) is 44.1 Å². The number of hydrogen-bond donors (Lipinski definition) is 0. The second-order valence-electron chi connectivity index (χ2n) is 13.1. The van der Waals surface area contributed by atoms with Gasteiger partial charge in [0.05, 0.1) is 22.2 Å². The molecule has 0 saturated heterocycles. The van der Waals surface area contributed by atoms with Gasteiger partial charge in [0.1, 0.15) is 0 Å². The third-order valence-corrected chi connectivity index (χ3v) is 9.86. The predicted octanol–water partition coefficient (Wildman–Crippen LogP) is 11.9. The molecule has 5 nitrogen and oxygen atoms in total. The summed E-state index contributed by atoms with van der Waals surface area (Å²) in [6.45, 7) is 0. The summed E-state index contributed by atoms with van der Waals surface area (Å²) in [6.07, 6.45) is 0. The van der Waals surface area contributed by atoms with E-state index in [9.17, 15) is 0 Å². The Morgan fingerprint density at radius 1 is 0.340 bits per heavy atom. The van der Waals surface area contributed by atoms with E-state index in [2.05, 4.69) is 150 Å².